The Kier molecular flexibility index (Phi) is 4.83. The van der Waals surface area contributed by atoms with E-state index >= 15 is 0 Å². The summed E-state index contributed by atoms with van der Waals surface area (Å²) < 4.78 is 0. The molecule has 1 heterocycles. The fraction of sp³-hybridized carbons (Fsp3) is 0.188. The number of fused-ring (bicyclic) bond motifs is 3. The van der Waals surface area contributed by atoms with E-state index in [2.05, 4.69) is 16.4 Å². The topological polar surface area (TPSA) is 71.2 Å². The Morgan fingerprint density at radius 2 is 1.81 bits per heavy atom. The fourth-order valence-electron chi connectivity index (χ4n) is 2.39. The molecule has 0 aliphatic rings. The van der Waals surface area contributed by atoms with Crippen molar-refractivity contribution in [1.29, 1.82) is 0 Å². The highest BCUT2D eigenvalue weighted by atomic mass is 35.5. The Morgan fingerprint density at radius 3 is 2.57 bits per heavy atom. The van der Waals surface area contributed by atoms with Gasteiger partial charge in [0.15, 0.2) is 0 Å². The van der Waals surface area contributed by atoms with E-state index in [-0.39, 0.29) is 19.0 Å². The zero-order chi connectivity index (χ0) is 13.9. The average molecular weight is 304 g/mol. The van der Waals surface area contributed by atoms with E-state index in [4.69, 9.17) is 10.8 Å². The van der Waals surface area contributed by atoms with E-state index in [1.165, 1.54) is 0 Å². The molecule has 1 aromatic heterocycles. The highest BCUT2D eigenvalue weighted by molar-refractivity contribution is 6.10. The van der Waals surface area contributed by atoms with Gasteiger partial charge in [0.1, 0.15) is 5.82 Å². The molecule has 2 aromatic carbocycles. The maximum absolute atomic E-state index is 8.89. The lowest BCUT2D eigenvalue weighted by Crippen LogP contribution is -2.05. The molecule has 0 radical (unpaired) electrons. The number of nitrogens with zero attached hydrogens (tertiary/aromatic N) is 1. The van der Waals surface area contributed by atoms with Crippen LogP contribution in [-0.2, 0) is 0 Å². The Bertz CT molecular complexity index is 761. The van der Waals surface area contributed by atoms with E-state index in [1.54, 1.807) is 0 Å². The average Bonchev–Trinajstić information content (AvgIpc) is 2.48. The second-order valence-corrected chi connectivity index (χ2v) is 4.79. The van der Waals surface area contributed by atoms with Crippen LogP contribution in [0.1, 0.15) is 6.42 Å². The highest BCUT2D eigenvalue weighted by Gasteiger charge is 2.07. The molecule has 3 rings (SSSR count). The van der Waals surface area contributed by atoms with Crippen LogP contribution in [0.3, 0.4) is 0 Å². The van der Waals surface area contributed by atoms with E-state index in [9.17, 15) is 0 Å². The molecule has 0 bridgehead atoms. The summed E-state index contributed by atoms with van der Waals surface area (Å²) in [5.74, 6) is 0.853. The van der Waals surface area contributed by atoms with E-state index in [0.717, 1.165) is 33.2 Å². The molecule has 0 saturated heterocycles. The van der Waals surface area contributed by atoms with Crippen molar-refractivity contribution in [2.24, 2.45) is 0 Å². The second kappa shape index (κ2) is 6.61. The predicted molar refractivity (Wildman–Crippen MR) is 91.1 cm³/mol. The zero-order valence-corrected chi connectivity index (χ0v) is 12.4. The van der Waals surface area contributed by atoms with E-state index < -0.39 is 0 Å². The molecule has 3 aromatic rings. The Balaban J connectivity index is 0.00000161. The van der Waals surface area contributed by atoms with E-state index in [0.29, 0.717) is 13.0 Å². The number of rotatable bonds is 4. The normalized spacial score (nSPS) is 10.5. The van der Waals surface area contributed by atoms with Crippen molar-refractivity contribution in [3.8, 4) is 0 Å². The third-order valence-electron chi connectivity index (χ3n) is 3.35. The molecule has 0 aliphatic heterocycles. The monoisotopic (exact) mass is 303 g/mol. The number of nitrogens with two attached hydrogens (primary N) is 1. The molecular weight excluding hydrogens is 286 g/mol. The van der Waals surface area contributed by atoms with Crippen LogP contribution in [0.25, 0.3) is 21.7 Å². The first kappa shape index (κ1) is 15.4. The molecule has 0 unspecified atom stereocenters. The quantitative estimate of drug-likeness (QED) is 0.393. The zero-order valence-electron chi connectivity index (χ0n) is 11.5. The van der Waals surface area contributed by atoms with Gasteiger partial charge in [-0.2, -0.15) is 0 Å². The summed E-state index contributed by atoms with van der Waals surface area (Å²) in [6.45, 7) is 0.878. The maximum Gasteiger partial charge on any atom is 0.134 e. The van der Waals surface area contributed by atoms with Crippen molar-refractivity contribution in [3.05, 3.63) is 42.5 Å². The third kappa shape index (κ3) is 3.01. The van der Waals surface area contributed by atoms with Crippen molar-refractivity contribution in [2.45, 2.75) is 6.42 Å². The summed E-state index contributed by atoms with van der Waals surface area (Å²) >= 11 is 0. The summed E-state index contributed by atoms with van der Waals surface area (Å²) in [4.78, 5) is 4.67. The second-order valence-electron chi connectivity index (χ2n) is 4.79. The molecule has 0 spiro atoms. The fourth-order valence-corrected chi connectivity index (χ4v) is 2.39. The van der Waals surface area contributed by atoms with Crippen molar-refractivity contribution in [2.75, 3.05) is 24.2 Å². The van der Waals surface area contributed by atoms with Crippen molar-refractivity contribution >= 4 is 45.6 Å². The van der Waals surface area contributed by atoms with Crippen LogP contribution in [0.2, 0.25) is 0 Å². The van der Waals surface area contributed by atoms with Gasteiger partial charge in [0.05, 0.1) is 5.52 Å². The van der Waals surface area contributed by atoms with Crippen LogP contribution < -0.4 is 11.1 Å². The maximum atomic E-state index is 8.89. The molecule has 110 valence electrons. The largest absolute Gasteiger partial charge is 0.399 e. The first-order valence-electron chi connectivity index (χ1n) is 6.72. The Morgan fingerprint density at radius 1 is 1.05 bits per heavy atom. The number of aliphatic hydroxyl groups excluding tert-OH is 1. The molecule has 0 saturated carbocycles. The molecule has 0 amide bonds. The standard InChI is InChI=1S/C16H17N3O.ClH/c17-11-6-7-15-14(10-11)12-4-1-2-5-13(12)16(19-15)18-8-3-9-20;/h1-2,4-7,10,20H,3,8-9,17H2,(H,18,19);1H. The lowest BCUT2D eigenvalue weighted by molar-refractivity contribution is 0.292. The van der Waals surface area contributed by atoms with Gasteiger partial charge in [-0.15, -0.1) is 12.4 Å². The van der Waals surface area contributed by atoms with Gasteiger partial charge in [0.2, 0.25) is 0 Å². The molecular formula is C16H18ClN3O. The van der Waals surface area contributed by atoms with Gasteiger partial charge >= 0.3 is 0 Å². The number of aliphatic hydroxyl groups is 1. The number of anilines is 2. The summed E-state index contributed by atoms with van der Waals surface area (Å²) in [7, 11) is 0. The minimum Gasteiger partial charge on any atom is -0.399 e. The molecule has 0 aliphatic carbocycles. The number of aromatic nitrogens is 1. The summed E-state index contributed by atoms with van der Waals surface area (Å²) in [6, 6.07) is 13.9. The minimum absolute atomic E-state index is 0. The van der Waals surface area contributed by atoms with Gasteiger partial charge in [-0.25, -0.2) is 4.98 Å². The predicted octanol–water partition coefficient (Wildman–Crippen LogP) is 3.19. The number of hydrogen-bond donors (Lipinski definition) is 3. The molecule has 21 heavy (non-hydrogen) atoms. The number of benzene rings is 2. The summed E-state index contributed by atoms with van der Waals surface area (Å²) in [6.07, 6.45) is 0.704. The Hall–Kier alpha value is -2.04. The number of halogens is 1. The lowest BCUT2D eigenvalue weighted by Gasteiger charge is -2.11. The lowest BCUT2D eigenvalue weighted by atomic mass is 10.1. The van der Waals surface area contributed by atoms with E-state index in [1.807, 2.05) is 36.4 Å². The van der Waals surface area contributed by atoms with Gasteiger partial charge in [0.25, 0.3) is 0 Å². The summed E-state index contributed by atoms with van der Waals surface area (Å²) in [5.41, 5.74) is 7.54. The Labute approximate surface area is 129 Å². The molecule has 5 heteroatoms. The van der Waals surface area contributed by atoms with Gasteiger partial charge < -0.3 is 16.2 Å². The number of nitrogens with one attached hydrogen (secondary N) is 1. The summed E-state index contributed by atoms with van der Waals surface area (Å²) in [5, 5.41) is 15.4. The van der Waals surface area contributed by atoms with Crippen LogP contribution in [0, 0.1) is 0 Å². The molecule has 4 nitrogen and oxygen atoms in total. The first-order chi connectivity index (χ1) is 9.79. The number of pyridine rings is 1. The minimum atomic E-state index is 0. The van der Waals surface area contributed by atoms with Gasteiger partial charge in [-0.05, 0) is 30.0 Å². The van der Waals surface area contributed by atoms with Crippen molar-refractivity contribution in [3.63, 3.8) is 0 Å². The van der Waals surface area contributed by atoms with Gasteiger partial charge in [-0.3, -0.25) is 0 Å². The van der Waals surface area contributed by atoms with Crippen LogP contribution in [0.4, 0.5) is 11.5 Å². The molecule has 0 fully saturated rings. The third-order valence-corrected chi connectivity index (χ3v) is 3.35. The van der Waals surface area contributed by atoms with Gasteiger partial charge in [-0.1, -0.05) is 24.3 Å². The van der Waals surface area contributed by atoms with Crippen molar-refractivity contribution < 1.29 is 5.11 Å². The number of nitrogen functional groups attached to an aromatic ring is 1. The molecule has 4 N–H and O–H groups in total. The van der Waals surface area contributed by atoms with Crippen LogP contribution in [0.15, 0.2) is 42.5 Å². The van der Waals surface area contributed by atoms with Crippen LogP contribution in [0.5, 0.6) is 0 Å². The van der Waals surface area contributed by atoms with Crippen LogP contribution in [-0.4, -0.2) is 23.2 Å². The van der Waals surface area contributed by atoms with Crippen LogP contribution >= 0.6 is 12.4 Å². The van der Waals surface area contributed by atoms with Gasteiger partial charge in [0, 0.05) is 29.6 Å². The number of hydrogen-bond acceptors (Lipinski definition) is 4. The highest BCUT2D eigenvalue weighted by Crippen LogP contribution is 2.30. The molecule has 0 atom stereocenters. The van der Waals surface area contributed by atoms with Crippen molar-refractivity contribution in [1.82, 2.24) is 4.98 Å². The SMILES string of the molecule is Cl.Nc1ccc2nc(NCCCO)c3ccccc3c2c1. The first-order valence-corrected chi connectivity index (χ1v) is 6.72. The smallest absolute Gasteiger partial charge is 0.134 e.